The average Bonchev–Trinajstić information content (AvgIpc) is 2.16. The zero-order valence-corrected chi connectivity index (χ0v) is 9.45. The molecule has 0 bridgehead atoms. The van der Waals surface area contributed by atoms with E-state index < -0.39 is 0 Å². The summed E-state index contributed by atoms with van der Waals surface area (Å²) in [6, 6.07) is 5.95. The molecule has 0 aliphatic carbocycles. The van der Waals surface area contributed by atoms with Crippen molar-refractivity contribution >= 4 is 0 Å². The molecular weight excluding hydrogens is 192 g/mol. The molecule has 4 heteroatoms. The Hall–Kier alpha value is -1.10. The van der Waals surface area contributed by atoms with E-state index in [1.54, 1.807) is 7.11 Å². The number of nitrogens with zero attached hydrogens (tertiary/aromatic N) is 1. The van der Waals surface area contributed by atoms with Crippen LogP contribution in [-0.2, 0) is 13.1 Å². The summed E-state index contributed by atoms with van der Waals surface area (Å²) >= 11 is 0. The lowest BCUT2D eigenvalue weighted by atomic mass is 10.1. The van der Waals surface area contributed by atoms with Crippen molar-refractivity contribution in [2.24, 2.45) is 0 Å². The standard InChI is InChI=1S/C11H18N2O2/c1-13(2)8-10-4-9(7-12-14)5-11(6-10)15-3/h4-6,12,14H,7-8H2,1-3H3. The Balaban J connectivity index is 2.89. The molecule has 0 aliphatic heterocycles. The minimum Gasteiger partial charge on any atom is -0.497 e. The zero-order valence-electron chi connectivity index (χ0n) is 9.45. The Morgan fingerprint density at radius 2 is 1.93 bits per heavy atom. The summed E-state index contributed by atoms with van der Waals surface area (Å²) in [5.41, 5.74) is 4.33. The van der Waals surface area contributed by atoms with Crippen LogP contribution in [0.2, 0.25) is 0 Å². The molecule has 0 heterocycles. The van der Waals surface area contributed by atoms with Crippen molar-refractivity contribution in [1.29, 1.82) is 0 Å². The molecule has 0 amide bonds. The molecule has 0 fully saturated rings. The van der Waals surface area contributed by atoms with E-state index in [1.807, 2.05) is 32.3 Å². The molecular formula is C11H18N2O2. The number of methoxy groups -OCH3 is 1. The first kappa shape index (κ1) is 12.0. The van der Waals surface area contributed by atoms with Gasteiger partial charge in [-0.15, -0.1) is 0 Å². The van der Waals surface area contributed by atoms with E-state index in [2.05, 4.69) is 10.4 Å². The van der Waals surface area contributed by atoms with Crippen molar-refractivity contribution in [3.8, 4) is 5.75 Å². The second-order valence-electron chi connectivity index (χ2n) is 3.76. The summed E-state index contributed by atoms with van der Waals surface area (Å²) in [7, 11) is 5.68. The maximum Gasteiger partial charge on any atom is 0.119 e. The van der Waals surface area contributed by atoms with Crippen LogP contribution in [0.3, 0.4) is 0 Å². The Morgan fingerprint density at radius 1 is 1.27 bits per heavy atom. The molecule has 0 spiro atoms. The molecule has 0 radical (unpaired) electrons. The summed E-state index contributed by atoms with van der Waals surface area (Å²) in [5.74, 6) is 0.819. The average molecular weight is 210 g/mol. The number of hydroxylamine groups is 1. The Morgan fingerprint density at radius 3 is 2.47 bits per heavy atom. The lowest BCUT2D eigenvalue weighted by molar-refractivity contribution is 0.161. The van der Waals surface area contributed by atoms with Crippen LogP contribution in [0.4, 0.5) is 0 Å². The molecule has 0 aromatic heterocycles. The second-order valence-corrected chi connectivity index (χ2v) is 3.76. The molecule has 0 atom stereocenters. The maximum absolute atomic E-state index is 8.65. The highest BCUT2D eigenvalue weighted by molar-refractivity contribution is 5.34. The van der Waals surface area contributed by atoms with Gasteiger partial charge in [-0.3, -0.25) is 0 Å². The Bertz CT molecular complexity index is 313. The van der Waals surface area contributed by atoms with Gasteiger partial charge in [-0.2, -0.15) is 0 Å². The van der Waals surface area contributed by atoms with Gasteiger partial charge in [0.05, 0.1) is 7.11 Å². The van der Waals surface area contributed by atoms with Gasteiger partial charge in [-0.05, 0) is 37.4 Å². The molecule has 15 heavy (non-hydrogen) atoms. The molecule has 1 rings (SSSR count). The van der Waals surface area contributed by atoms with Crippen LogP contribution >= 0.6 is 0 Å². The van der Waals surface area contributed by atoms with Crippen molar-refractivity contribution in [2.45, 2.75) is 13.1 Å². The van der Waals surface area contributed by atoms with E-state index >= 15 is 0 Å². The van der Waals surface area contributed by atoms with Gasteiger partial charge in [0.1, 0.15) is 5.75 Å². The molecule has 1 aromatic rings. The van der Waals surface area contributed by atoms with E-state index in [9.17, 15) is 0 Å². The summed E-state index contributed by atoms with van der Waals surface area (Å²) in [5, 5.41) is 8.65. The second kappa shape index (κ2) is 5.70. The van der Waals surface area contributed by atoms with Crippen LogP contribution in [0.25, 0.3) is 0 Å². The summed E-state index contributed by atoms with van der Waals surface area (Å²) < 4.78 is 5.20. The summed E-state index contributed by atoms with van der Waals surface area (Å²) in [6.07, 6.45) is 0. The first-order valence-corrected chi connectivity index (χ1v) is 4.84. The quantitative estimate of drug-likeness (QED) is 0.718. The first-order valence-electron chi connectivity index (χ1n) is 4.84. The van der Waals surface area contributed by atoms with Gasteiger partial charge in [0.2, 0.25) is 0 Å². The van der Waals surface area contributed by atoms with Gasteiger partial charge in [0.15, 0.2) is 0 Å². The van der Waals surface area contributed by atoms with Crippen molar-refractivity contribution < 1.29 is 9.94 Å². The minimum atomic E-state index is 0.428. The van der Waals surface area contributed by atoms with Crippen LogP contribution in [0.1, 0.15) is 11.1 Å². The summed E-state index contributed by atoms with van der Waals surface area (Å²) in [6.45, 7) is 1.28. The summed E-state index contributed by atoms with van der Waals surface area (Å²) in [4.78, 5) is 2.09. The normalized spacial score (nSPS) is 10.7. The Kier molecular flexibility index (Phi) is 4.55. The van der Waals surface area contributed by atoms with Gasteiger partial charge in [0, 0.05) is 13.1 Å². The zero-order chi connectivity index (χ0) is 11.3. The molecule has 0 aliphatic rings. The van der Waals surface area contributed by atoms with Crippen molar-refractivity contribution in [2.75, 3.05) is 21.2 Å². The number of hydrogen-bond acceptors (Lipinski definition) is 4. The van der Waals surface area contributed by atoms with Gasteiger partial charge in [-0.25, -0.2) is 5.48 Å². The van der Waals surface area contributed by atoms with Crippen molar-refractivity contribution in [3.63, 3.8) is 0 Å². The lowest BCUT2D eigenvalue weighted by Gasteiger charge is -2.12. The fourth-order valence-electron chi connectivity index (χ4n) is 1.50. The number of benzene rings is 1. The first-order chi connectivity index (χ1) is 7.15. The molecule has 0 saturated carbocycles. The van der Waals surface area contributed by atoms with Crippen LogP contribution < -0.4 is 10.2 Å². The smallest absolute Gasteiger partial charge is 0.119 e. The fraction of sp³-hybridized carbons (Fsp3) is 0.455. The van der Waals surface area contributed by atoms with E-state index in [4.69, 9.17) is 9.94 Å². The van der Waals surface area contributed by atoms with Crippen LogP contribution in [0.5, 0.6) is 5.75 Å². The highest BCUT2D eigenvalue weighted by atomic mass is 16.5. The fourth-order valence-corrected chi connectivity index (χ4v) is 1.50. The van der Waals surface area contributed by atoms with Gasteiger partial charge >= 0.3 is 0 Å². The molecule has 1 aromatic carbocycles. The molecule has 0 unspecified atom stereocenters. The van der Waals surface area contributed by atoms with E-state index in [1.165, 1.54) is 5.56 Å². The van der Waals surface area contributed by atoms with Gasteiger partial charge in [0.25, 0.3) is 0 Å². The Labute approximate surface area is 90.4 Å². The highest BCUT2D eigenvalue weighted by Gasteiger charge is 2.02. The number of nitrogens with one attached hydrogen (secondary N) is 1. The maximum atomic E-state index is 8.65. The molecule has 4 nitrogen and oxygen atoms in total. The topological polar surface area (TPSA) is 44.7 Å². The van der Waals surface area contributed by atoms with Crippen LogP contribution in [0.15, 0.2) is 18.2 Å². The van der Waals surface area contributed by atoms with Gasteiger partial charge < -0.3 is 14.8 Å². The predicted octanol–water partition coefficient (Wildman–Crippen LogP) is 1.24. The molecule has 0 saturated heterocycles. The van der Waals surface area contributed by atoms with Gasteiger partial charge in [-0.1, -0.05) is 6.07 Å². The number of ether oxygens (including phenoxy) is 1. The third-order valence-corrected chi connectivity index (χ3v) is 2.04. The van der Waals surface area contributed by atoms with Crippen molar-refractivity contribution in [1.82, 2.24) is 10.4 Å². The van der Waals surface area contributed by atoms with E-state index in [0.717, 1.165) is 17.9 Å². The highest BCUT2D eigenvalue weighted by Crippen LogP contribution is 2.17. The monoisotopic (exact) mass is 210 g/mol. The predicted molar refractivity (Wildman–Crippen MR) is 59.0 cm³/mol. The van der Waals surface area contributed by atoms with E-state index in [-0.39, 0.29) is 0 Å². The third kappa shape index (κ3) is 3.87. The largest absolute Gasteiger partial charge is 0.497 e. The lowest BCUT2D eigenvalue weighted by Crippen LogP contribution is -2.12. The van der Waals surface area contributed by atoms with Crippen LogP contribution in [0, 0.1) is 0 Å². The molecule has 84 valence electrons. The van der Waals surface area contributed by atoms with Crippen LogP contribution in [-0.4, -0.2) is 31.3 Å². The molecule has 2 N–H and O–H groups in total. The number of rotatable bonds is 5. The third-order valence-electron chi connectivity index (χ3n) is 2.04. The van der Waals surface area contributed by atoms with Crippen molar-refractivity contribution in [3.05, 3.63) is 29.3 Å². The minimum absolute atomic E-state index is 0.428. The van der Waals surface area contributed by atoms with E-state index in [0.29, 0.717) is 6.54 Å². The SMILES string of the molecule is COc1cc(CNO)cc(CN(C)C)c1. The number of hydrogen-bond donors (Lipinski definition) is 2.